The average Bonchev–Trinajstić information content (AvgIpc) is 2.13. The summed E-state index contributed by atoms with van der Waals surface area (Å²) in [6, 6.07) is 4.72. The molecule has 0 aliphatic rings. The van der Waals surface area contributed by atoms with Gasteiger partial charge in [-0.05, 0) is 18.2 Å². The lowest BCUT2D eigenvalue weighted by atomic mass is 10.2. The Morgan fingerprint density at radius 3 is 2.42 bits per heavy atom. The largest absolute Gasteiger partial charge is 0.326 e. The second-order valence-electron chi connectivity index (χ2n) is 1.94. The Balaban J connectivity index is 0.000000561. The van der Waals surface area contributed by atoms with Crippen molar-refractivity contribution in [3.8, 4) is 0 Å². The number of nitrogens with two attached hydrogens (primary N) is 1. The molecular formula is C9H13BrFN. The second kappa shape index (κ2) is 6.14. The molecule has 0 amide bonds. The molecule has 1 rings (SSSR count). The zero-order valence-corrected chi connectivity index (χ0v) is 8.86. The Morgan fingerprint density at radius 2 is 2.00 bits per heavy atom. The molecule has 3 heteroatoms. The van der Waals surface area contributed by atoms with Crippen molar-refractivity contribution in [3.63, 3.8) is 0 Å². The van der Waals surface area contributed by atoms with Crippen molar-refractivity contribution in [2.45, 2.75) is 20.4 Å². The summed E-state index contributed by atoms with van der Waals surface area (Å²) in [5, 5.41) is 0. The summed E-state index contributed by atoms with van der Waals surface area (Å²) in [7, 11) is 0. The first-order valence-electron chi connectivity index (χ1n) is 3.88. The van der Waals surface area contributed by atoms with Crippen molar-refractivity contribution in [3.05, 3.63) is 34.1 Å². The third-order valence-corrected chi connectivity index (χ3v) is 1.72. The smallest absolute Gasteiger partial charge is 0.127 e. The highest BCUT2D eigenvalue weighted by Gasteiger charge is 1.98. The van der Waals surface area contributed by atoms with Crippen molar-refractivity contribution in [2.24, 2.45) is 5.73 Å². The van der Waals surface area contributed by atoms with Crippen LogP contribution in [0.2, 0.25) is 0 Å². The molecule has 0 fully saturated rings. The van der Waals surface area contributed by atoms with Crippen LogP contribution in [0.25, 0.3) is 0 Å². The maximum absolute atomic E-state index is 12.7. The van der Waals surface area contributed by atoms with Crippen molar-refractivity contribution in [2.75, 3.05) is 0 Å². The zero-order valence-electron chi connectivity index (χ0n) is 7.27. The van der Waals surface area contributed by atoms with Crippen LogP contribution in [0.3, 0.4) is 0 Å². The lowest BCUT2D eigenvalue weighted by molar-refractivity contribution is 0.610. The number of hydrogen-bond donors (Lipinski definition) is 1. The maximum atomic E-state index is 12.7. The molecule has 0 aliphatic heterocycles. The van der Waals surface area contributed by atoms with Crippen LogP contribution in [0, 0.1) is 5.82 Å². The lowest BCUT2D eigenvalue weighted by Crippen LogP contribution is -1.98. The molecule has 1 aromatic rings. The van der Waals surface area contributed by atoms with E-state index < -0.39 is 0 Å². The van der Waals surface area contributed by atoms with Crippen LogP contribution in [0.5, 0.6) is 0 Å². The van der Waals surface area contributed by atoms with Crippen LogP contribution < -0.4 is 5.73 Å². The van der Waals surface area contributed by atoms with E-state index in [0.717, 1.165) is 4.47 Å². The van der Waals surface area contributed by atoms with E-state index in [0.29, 0.717) is 5.56 Å². The van der Waals surface area contributed by atoms with E-state index in [-0.39, 0.29) is 12.4 Å². The SMILES string of the molecule is CC.NCc1cc(Br)ccc1F. The molecule has 0 spiro atoms. The van der Waals surface area contributed by atoms with E-state index in [1.807, 2.05) is 13.8 Å². The molecule has 2 N–H and O–H groups in total. The van der Waals surface area contributed by atoms with Gasteiger partial charge in [0.1, 0.15) is 5.82 Å². The highest BCUT2D eigenvalue weighted by molar-refractivity contribution is 9.10. The summed E-state index contributed by atoms with van der Waals surface area (Å²) >= 11 is 3.21. The summed E-state index contributed by atoms with van der Waals surface area (Å²) < 4.78 is 13.5. The normalized spacial score (nSPS) is 8.75. The van der Waals surface area contributed by atoms with Crippen LogP contribution in [0.4, 0.5) is 4.39 Å². The van der Waals surface area contributed by atoms with E-state index in [1.54, 1.807) is 12.1 Å². The summed E-state index contributed by atoms with van der Waals surface area (Å²) in [6.07, 6.45) is 0. The fourth-order valence-electron chi connectivity index (χ4n) is 0.700. The Bertz CT molecular complexity index is 238. The average molecular weight is 234 g/mol. The summed E-state index contributed by atoms with van der Waals surface area (Å²) in [4.78, 5) is 0. The molecule has 0 saturated carbocycles. The number of rotatable bonds is 1. The van der Waals surface area contributed by atoms with Crippen LogP contribution >= 0.6 is 15.9 Å². The Labute approximate surface area is 80.9 Å². The van der Waals surface area contributed by atoms with Crippen molar-refractivity contribution < 1.29 is 4.39 Å². The fraction of sp³-hybridized carbons (Fsp3) is 0.333. The molecule has 0 bridgehead atoms. The summed E-state index contributed by atoms with van der Waals surface area (Å²) in [5.74, 6) is -0.245. The van der Waals surface area contributed by atoms with E-state index in [1.165, 1.54) is 6.07 Å². The molecule has 1 aromatic carbocycles. The van der Waals surface area contributed by atoms with Crippen LogP contribution in [-0.4, -0.2) is 0 Å². The third-order valence-electron chi connectivity index (χ3n) is 1.23. The fourth-order valence-corrected chi connectivity index (χ4v) is 1.11. The molecule has 0 saturated heterocycles. The maximum Gasteiger partial charge on any atom is 0.127 e. The van der Waals surface area contributed by atoms with E-state index in [2.05, 4.69) is 15.9 Å². The Hall–Kier alpha value is -0.410. The molecule has 1 nitrogen and oxygen atoms in total. The zero-order chi connectivity index (χ0) is 9.56. The molecular weight excluding hydrogens is 221 g/mol. The van der Waals surface area contributed by atoms with Gasteiger partial charge in [0.25, 0.3) is 0 Å². The van der Waals surface area contributed by atoms with Crippen molar-refractivity contribution in [1.29, 1.82) is 0 Å². The minimum atomic E-state index is -0.245. The Kier molecular flexibility index (Phi) is 5.93. The van der Waals surface area contributed by atoms with Crippen LogP contribution in [0.15, 0.2) is 22.7 Å². The summed E-state index contributed by atoms with van der Waals surface area (Å²) in [5.41, 5.74) is 5.80. The Morgan fingerprint density at radius 1 is 1.42 bits per heavy atom. The second-order valence-corrected chi connectivity index (χ2v) is 2.86. The van der Waals surface area contributed by atoms with Gasteiger partial charge in [-0.3, -0.25) is 0 Å². The van der Waals surface area contributed by atoms with Gasteiger partial charge in [-0.2, -0.15) is 0 Å². The number of benzene rings is 1. The first kappa shape index (κ1) is 11.6. The van der Waals surface area contributed by atoms with E-state index in [4.69, 9.17) is 5.73 Å². The van der Waals surface area contributed by atoms with Gasteiger partial charge in [0.2, 0.25) is 0 Å². The predicted molar refractivity (Wildman–Crippen MR) is 53.3 cm³/mol. The number of hydrogen-bond acceptors (Lipinski definition) is 1. The highest BCUT2D eigenvalue weighted by atomic mass is 79.9. The minimum Gasteiger partial charge on any atom is -0.326 e. The molecule has 0 heterocycles. The number of halogens is 2. The van der Waals surface area contributed by atoms with Gasteiger partial charge >= 0.3 is 0 Å². The highest BCUT2D eigenvalue weighted by Crippen LogP contribution is 2.14. The molecule has 0 unspecified atom stereocenters. The monoisotopic (exact) mass is 233 g/mol. The third kappa shape index (κ3) is 3.32. The minimum absolute atomic E-state index is 0.241. The van der Waals surface area contributed by atoms with Gasteiger partial charge in [-0.1, -0.05) is 29.8 Å². The van der Waals surface area contributed by atoms with Gasteiger partial charge in [0, 0.05) is 16.6 Å². The quantitative estimate of drug-likeness (QED) is 0.793. The van der Waals surface area contributed by atoms with Gasteiger partial charge in [-0.25, -0.2) is 4.39 Å². The molecule has 12 heavy (non-hydrogen) atoms. The molecule has 0 aromatic heterocycles. The standard InChI is InChI=1S/C7H7BrFN.C2H6/c8-6-1-2-7(9)5(3-6)4-10;1-2/h1-3H,4,10H2;1-2H3. The molecule has 68 valence electrons. The van der Waals surface area contributed by atoms with Crippen molar-refractivity contribution >= 4 is 15.9 Å². The first-order chi connectivity index (χ1) is 5.74. The van der Waals surface area contributed by atoms with Gasteiger partial charge in [-0.15, -0.1) is 0 Å². The van der Waals surface area contributed by atoms with Gasteiger partial charge < -0.3 is 5.73 Å². The molecule has 0 aliphatic carbocycles. The van der Waals surface area contributed by atoms with E-state index >= 15 is 0 Å². The van der Waals surface area contributed by atoms with E-state index in [9.17, 15) is 4.39 Å². The molecule has 0 radical (unpaired) electrons. The predicted octanol–water partition coefficient (Wildman–Crippen LogP) is 3.07. The van der Waals surface area contributed by atoms with Gasteiger partial charge in [0.15, 0.2) is 0 Å². The van der Waals surface area contributed by atoms with Crippen LogP contribution in [0.1, 0.15) is 19.4 Å². The summed E-state index contributed by atoms with van der Waals surface area (Å²) in [6.45, 7) is 4.24. The van der Waals surface area contributed by atoms with Gasteiger partial charge in [0.05, 0.1) is 0 Å². The van der Waals surface area contributed by atoms with Crippen LogP contribution in [-0.2, 0) is 6.54 Å². The lowest BCUT2D eigenvalue weighted by Gasteiger charge is -1.98. The topological polar surface area (TPSA) is 26.0 Å². The first-order valence-corrected chi connectivity index (χ1v) is 4.67. The van der Waals surface area contributed by atoms with Crippen molar-refractivity contribution in [1.82, 2.24) is 0 Å². The molecule has 0 atom stereocenters.